The van der Waals surface area contributed by atoms with Gasteiger partial charge >= 0.3 is 0 Å². The number of aryl methyl sites for hydroxylation is 1. The van der Waals surface area contributed by atoms with Gasteiger partial charge in [0, 0.05) is 50.1 Å². The van der Waals surface area contributed by atoms with Crippen molar-refractivity contribution in [2.45, 2.75) is 114 Å². The number of amides is 3. The van der Waals surface area contributed by atoms with Crippen LogP contribution in [0.25, 0.3) is 10.8 Å². The molecule has 1 saturated heterocycles. The molecule has 13 heteroatoms. The van der Waals surface area contributed by atoms with Crippen molar-refractivity contribution < 1.29 is 34.5 Å². The van der Waals surface area contributed by atoms with Gasteiger partial charge in [0.1, 0.15) is 12.1 Å². The predicted octanol–water partition coefficient (Wildman–Crippen LogP) is 4.48. The standard InChI is InChI=1S/C41H57N5O5S.C2H4O2/c1-52-27-36(41(51)44-35(24-28-10-3-2-4-11-28)39(49)37(47)18-17-33-15-7-8-21-43-33)45-40(50)31(26-38(48)46-22-19-32(42)20-23-46)25-30-14-9-13-29-12-5-6-16-34(29)30;1-2(3)4/h5-9,12-16,21,28,31-32,35-37,39,47,49H,2-4,10-11,17-20,22-27,42H2,1H3,(H,44,51)(H,45,50);1H3,(H,3,4)/t31-,35+,36+,37+,39-;/m1./s1. The Morgan fingerprint density at radius 3 is 2.27 bits per heavy atom. The minimum Gasteiger partial charge on any atom is -0.481 e. The minimum absolute atomic E-state index is 0.0172. The molecular weight excluding hydrogens is 731 g/mol. The number of carbonyl (C=O) groups excluding carboxylic acids is 3. The number of hydrogen-bond acceptors (Lipinski definition) is 9. The number of nitrogens with one attached hydrogen (secondary N) is 2. The van der Waals surface area contributed by atoms with Crippen molar-refractivity contribution in [1.29, 1.82) is 0 Å². The summed E-state index contributed by atoms with van der Waals surface area (Å²) in [6, 6.07) is 18.1. The van der Waals surface area contributed by atoms with E-state index >= 15 is 0 Å². The zero-order chi connectivity index (χ0) is 40.5. The van der Waals surface area contributed by atoms with Gasteiger partial charge in [0.15, 0.2) is 0 Å². The fourth-order valence-corrected chi connectivity index (χ4v) is 8.32. The molecule has 306 valence electrons. The normalized spacial score (nSPS) is 17.8. The van der Waals surface area contributed by atoms with Crippen molar-refractivity contribution in [1.82, 2.24) is 20.5 Å². The van der Waals surface area contributed by atoms with Crippen LogP contribution in [-0.2, 0) is 32.0 Å². The summed E-state index contributed by atoms with van der Waals surface area (Å²) in [6.07, 6.45) is 9.91. The molecule has 7 N–H and O–H groups in total. The molecule has 5 rings (SSSR count). The number of aliphatic carboxylic acids is 1. The molecule has 0 bridgehead atoms. The van der Waals surface area contributed by atoms with Crippen molar-refractivity contribution in [3.63, 3.8) is 0 Å². The first-order chi connectivity index (χ1) is 26.9. The number of benzene rings is 2. The number of piperidine rings is 1. The van der Waals surface area contributed by atoms with Crippen molar-refractivity contribution in [3.05, 3.63) is 78.1 Å². The van der Waals surface area contributed by atoms with E-state index in [1.807, 2.05) is 66.9 Å². The number of carbonyl (C=O) groups is 4. The molecule has 1 saturated carbocycles. The summed E-state index contributed by atoms with van der Waals surface area (Å²) in [5, 5.41) is 38.2. The maximum Gasteiger partial charge on any atom is 0.300 e. The summed E-state index contributed by atoms with van der Waals surface area (Å²) in [5.41, 5.74) is 7.89. The Balaban J connectivity index is 0.00000166. The lowest BCUT2D eigenvalue weighted by Crippen LogP contribution is -2.56. The average Bonchev–Trinajstić information content (AvgIpc) is 3.19. The number of rotatable bonds is 17. The Labute approximate surface area is 335 Å². The quantitative estimate of drug-likeness (QED) is 0.114. The van der Waals surface area contributed by atoms with Gasteiger partial charge < -0.3 is 36.6 Å². The molecule has 3 amide bonds. The van der Waals surface area contributed by atoms with Crippen LogP contribution in [0.3, 0.4) is 0 Å². The third-order valence-electron chi connectivity index (χ3n) is 10.9. The third kappa shape index (κ3) is 14.5. The summed E-state index contributed by atoms with van der Waals surface area (Å²) in [4.78, 5) is 57.0. The molecular formula is C43H61N5O7S. The molecule has 1 aliphatic carbocycles. The molecule has 1 aliphatic heterocycles. The number of aliphatic hydroxyl groups excluding tert-OH is 2. The second-order valence-electron chi connectivity index (χ2n) is 15.3. The Morgan fingerprint density at radius 2 is 1.59 bits per heavy atom. The molecule has 1 aromatic heterocycles. The summed E-state index contributed by atoms with van der Waals surface area (Å²) in [7, 11) is 0. The van der Waals surface area contributed by atoms with Crippen LogP contribution in [-0.4, -0.2) is 104 Å². The van der Waals surface area contributed by atoms with Gasteiger partial charge in [-0.2, -0.15) is 11.8 Å². The van der Waals surface area contributed by atoms with Gasteiger partial charge in [-0.3, -0.25) is 24.2 Å². The number of pyridine rings is 1. The highest BCUT2D eigenvalue weighted by molar-refractivity contribution is 7.98. The Bertz CT molecular complexity index is 1670. The van der Waals surface area contributed by atoms with E-state index in [-0.39, 0.29) is 24.3 Å². The first-order valence-corrected chi connectivity index (χ1v) is 21.4. The van der Waals surface area contributed by atoms with E-state index < -0.39 is 42.1 Å². The van der Waals surface area contributed by atoms with Gasteiger partial charge in [-0.25, -0.2) is 0 Å². The van der Waals surface area contributed by atoms with Crippen molar-refractivity contribution in [3.8, 4) is 0 Å². The lowest BCUT2D eigenvalue weighted by atomic mass is 9.82. The number of thioether (sulfide) groups is 1. The molecule has 0 radical (unpaired) electrons. The van der Waals surface area contributed by atoms with Gasteiger partial charge in [-0.05, 0) is 79.2 Å². The van der Waals surface area contributed by atoms with Crippen LogP contribution in [0.4, 0.5) is 0 Å². The highest BCUT2D eigenvalue weighted by Gasteiger charge is 2.34. The van der Waals surface area contributed by atoms with E-state index in [1.165, 1.54) is 18.2 Å². The first kappa shape index (κ1) is 44.7. The van der Waals surface area contributed by atoms with E-state index in [2.05, 4.69) is 15.6 Å². The largest absolute Gasteiger partial charge is 0.481 e. The predicted molar refractivity (Wildman–Crippen MR) is 221 cm³/mol. The summed E-state index contributed by atoms with van der Waals surface area (Å²) in [6.45, 7) is 2.22. The SMILES string of the molecule is CC(=O)O.CSC[C@H](NC(=O)[C@@H](CC(=O)N1CCC(N)CC1)Cc1cccc2ccccc12)C(=O)N[C@@H](CC1CCCCC1)[C@@H](O)[C@@H](O)CCc1ccccn1. The lowest BCUT2D eigenvalue weighted by molar-refractivity contribution is -0.138. The van der Waals surface area contributed by atoms with Gasteiger partial charge in [0.2, 0.25) is 17.7 Å². The van der Waals surface area contributed by atoms with Crippen LogP contribution >= 0.6 is 11.8 Å². The second kappa shape index (κ2) is 23.3. The van der Waals surface area contributed by atoms with Crippen LogP contribution in [0.1, 0.15) is 82.4 Å². The number of nitrogens with two attached hydrogens (primary N) is 1. The van der Waals surface area contributed by atoms with Crippen LogP contribution < -0.4 is 16.4 Å². The van der Waals surface area contributed by atoms with Gasteiger partial charge in [-0.15, -0.1) is 0 Å². The van der Waals surface area contributed by atoms with Crippen molar-refractivity contribution >= 4 is 46.2 Å². The van der Waals surface area contributed by atoms with Crippen molar-refractivity contribution in [2.75, 3.05) is 25.1 Å². The number of carboxylic acid groups (broad SMARTS) is 1. The highest BCUT2D eigenvalue weighted by Crippen LogP contribution is 2.29. The fourth-order valence-electron chi connectivity index (χ4n) is 7.75. The Kier molecular flexibility index (Phi) is 18.5. The van der Waals surface area contributed by atoms with Crippen molar-refractivity contribution in [2.24, 2.45) is 17.6 Å². The molecule has 2 heterocycles. The number of likely N-dealkylation sites (tertiary alicyclic amines) is 1. The number of carboxylic acids is 1. The lowest BCUT2D eigenvalue weighted by Gasteiger charge is -2.33. The first-order valence-electron chi connectivity index (χ1n) is 20.0. The molecule has 2 fully saturated rings. The van der Waals surface area contributed by atoms with Crippen LogP contribution in [0.2, 0.25) is 0 Å². The molecule has 2 aliphatic rings. The van der Waals surface area contributed by atoms with Gasteiger partial charge in [0.25, 0.3) is 5.97 Å². The fraction of sp³-hybridized carbons (Fsp3) is 0.558. The van der Waals surface area contributed by atoms with Crippen LogP contribution in [0.15, 0.2) is 66.9 Å². The monoisotopic (exact) mass is 791 g/mol. The van der Waals surface area contributed by atoms with E-state index in [0.29, 0.717) is 50.4 Å². The van der Waals surface area contributed by atoms with Crippen LogP contribution in [0.5, 0.6) is 0 Å². The van der Waals surface area contributed by atoms with Crippen LogP contribution in [0, 0.1) is 11.8 Å². The molecule has 2 aromatic carbocycles. The molecule has 0 spiro atoms. The highest BCUT2D eigenvalue weighted by atomic mass is 32.2. The second-order valence-corrected chi connectivity index (χ2v) is 16.2. The number of fused-ring (bicyclic) bond motifs is 1. The number of aliphatic hydroxyl groups is 2. The number of nitrogens with zero attached hydrogens (tertiary/aromatic N) is 2. The van der Waals surface area contributed by atoms with E-state index in [9.17, 15) is 24.6 Å². The maximum absolute atomic E-state index is 14.2. The third-order valence-corrected chi connectivity index (χ3v) is 11.5. The Morgan fingerprint density at radius 1 is 0.911 bits per heavy atom. The molecule has 3 aromatic rings. The summed E-state index contributed by atoms with van der Waals surface area (Å²) >= 11 is 1.44. The minimum atomic E-state index is -1.19. The molecule has 56 heavy (non-hydrogen) atoms. The molecule has 12 nitrogen and oxygen atoms in total. The average molecular weight is 792 g/mol. The zero-order valence-electron chi connectivity index (χ0n) is 32.9. The topological polar surface area (TPSA) is 195 Å². The molecule has 0 unspecified atom stereocenters. The summed E-state index contributed by atoms with van der Waals surface area (Å²) in [5.74, 6) is -1.75. The zero-order valence-corrected chi connectivity index (χ0v) is 33.7. The number of aromatic nitrogens is 1. The smallest absolute Gasteiger partial charge is 0.300 e. The van der Waals surface area contributed by atoms with Gasteiger partial charge in [-0.1, -0.05) is 80.6 Å². The van der Waals surface area contributed by atoms with E-state index in [0.717, 1.165) is 67.5 Å². The molecule has 5 atom stereocenters. The Hall–Kier alpha value is -4.04. The summed E-state index contributed by atoms with van der Waals surface area (Å²) < 4.78 is 0. The number of hydrogen-bond donors (Lipinski definition) is 6. The van der Waals surface area contributed by atoms with Gasteiger partial charge in [0.05, 0.1) is 18.1 Å². The van der Waals surface area contributed by atoms with E-state index in [1.54, 1.807) is 11.1 Å². The van der Waals surface area contributed by atoms with E-state index in [4.69, 9.17) is 15.6 Å². The maximum atomic E-state index is 14.2.